The van der Waals surface area contributed by atoms with Gasteiger partial charge in [-0.05, 0) is 18.2 Å². The predicted molar refractivity (Wildman–Crippen MR) is 55.9 cm³/mol. The van der Waals surface area contributed by atoms with Crippen LogP contribution in [-0.2, 0) is 0 Å². The molecule has 4 nitrogen and oxygen atoms in total. The van der Waals surface area contributed by atoms with Gasteiger partial charge >= 0.3 is 0 Å². The number of aromatic nitrogens is 2. The van der Waals surface area contributed by atoms with Gasteiger partial charge < -0.3 is 9.52 Å². The fraction of sp³-hybridized carbons (Fsp3) is 0.0909. The van der Waals surface area contributed by atoms with E-state index in [1.807, 2.05) is 0 Å². The minimum absolute atomic E-state index is 0.322. The summed E-state index contributed by atoms with van der Waals surface area (Å²) >= 11 is 0. The number of nitrogens with zero attached hydrogens (tertiary/aromatic N) is 2. The van der Waals surface area contributed by atoms with Crippen molar-refractivity contribution in [1.82, 2.24) is 10.2 Å². The highest BCUT2D eigenvalue weighted by molar-refractivity contribution is 5.63. The fourth-order valence-electron chi connectivity index (χ4n) is 1.27. The Labute approximate surface area is 91.1 Å². The van der Waals surface area contributed by atoms with E-state index in [0.717, 1.165) is 11.6 Å². The zero-order valence-electron chi connectivity index (χ0n) is 8.30. The van der Waals surface area contributed by atoms with Crippen molar-refractivity contribution in [3.63, 3.8) is 0 Å². The number of benzene rings is 1. The van der Waals surface area contributed by atoms with E-state index in [1.54, 1.807) is 24.3 Å². The molecule has 1 heterocycles. The molecule has 0 fully saturated rings. The summed E-state index contributed by atoms with van der Waals surface area (Å²) < 4.78 is 18.3. The van der Waals surface area contributed by atoms with Crippen LogP contribution in [0.1, 0.15) is 5.56 Å². The number of rotatable bonds is 3. The average molecular weight is 220 g/mol. The molecule has 0 aliphatic rings. The number of hydrogen-bond acceptors (Lipinski definition) is 4. The Hall–Kier alpha value is -2.01. The minimum Gasteiger partial charge on any atom is -0.423 e. The maximum Gasteiger partial charge on any atom is 0.247 e. The summed E-state index contributed by atoms with van der Waals surface area (Å²) in [5.74, 6) is -0.0716. The van der Waals surface area contributed by atoms with Gasteiger partial charge in [-0.25, -0.2) is 4.39 Å². The van der Waals surface area contributed by atoms with Crippen molar-refractivity contribution in [3.05, 3.63) is 42.3 Å². The topological polar surface area (TPSA) is 59.2 Å². The first-order chi connectivity index (χ1) is 7.81. The van der Waals surface area contributed by atoms with Crippen LogP contribution in [0.3, 0.4) is 0 Å². The van der Waals surface area contributed by atoms with Gasteiger partial charge in [-0.2, -0.15) is 0 Å². The Kier molecular flexibility index (Phi) is 3.07. The van der Waals surface area contributed by atoms with Crippen LogP contribution in [0.2, 0.25) is 0 Å². The van der Waals surface area contributed by atoms with E-state index in [0.29, 0.717) is 11.5 Å². The molecule has 0 spiro atoms. The first kappa shape index (κ1) is 10.5. The van der Waals surface area contributed by atoms with E-state index in [9.17, 15) is 4.39 Å². The summed E-state index contributed by atoms with van der Waals surface area (Å²) in [6.45, 7) is -0.322. The van der Waals surface area contributed by atoms with Crippen molar-refractivity contribution < 1.29 is 13.9 Å². The molecule has 5 heteroatoms. The lowest BCUT2D eigenvalue weighted by Crippen LogP contribution is -1.83. The molecule has 0 atom stereocenters. The van der Waals surface area contributed by atoms with Gasteiger partial charge in [-0.15, -0.1) is 10.2 Å². The molecule has 0 aliphatic heterocycles. The van der Waals surface area contributed by atoms with Crippen LogP contribution in [0.25, 0.3) is 17.3 Å². The normalized spacial score (nSPS) is 11.8. The predicted octanol–water partition coefficient (Wildman–Crippen LogP) is 2.04. The lowest BCUT2D eigenvalue weighted by atomic mass is 10.1. The quantitative estimate of drug-likeness (QED) is 0.859. The zero-order chi connectivity index (χ0) is 11.4. The summed E-state index contributed by atoms with van der Waals surface area (Å²) in [5, 5.41) is 15.8. The van der Waals surface area contributed by atoms with Gasteiger partial charge in [0.15, 0.2) is 0 Å². The SMILES string of the molecule is OCC=C(F)c1ccc(-c2nnco2)cc1. The van der Waals surface area contributed by atoms with Crippen LogP contribution >= 0.6 is 0 Å². The van der Waals surface area contributed by atoms with E-state index in [-0.39, 0.29) is 6.61 Å². The summed E-state index contributed by atoms with van der Waals surface area (Å²) in [6.07, 6.45) is 2.33. The highest BCUT2D eigenvalue weighted by Crippen LogP contribution is 2.21. The third-order valence-electron chi connectivity index (χ3n) is 2.04. The minimum atomic E-state index is -0.459. The molecule has 0 amide bonds. The summed E-state index contributed by atoms with van der Waals surface area (Å²) in [6, 6.07) is 6.52. The van der Waals surface area contributed by atoms with Gasteiger partial charge in [-0.1, -0.05) is 12.1 Å². The molecule has 82 valence electrons. The molecular formula is C11H9FN2O2. The Morgan fingerprint density at radius 2 is 2.12 bits per heavy atom. The Balaban J connectivity index is 2.26. The molecule has 2 aromatic rings. The van der Waals surface area contributed by atoms with Crippen molar-refractivity contribution in [2.24, 2.45) is 0 Å². The molecule has 1 N–H and O–H groups in total. The Morgan fingerprint density at radius 3 is 2.69 bits per heavy atom. The largest absolute Gasteiger partial charge is 0.423 e. The molecule has 0 aliphatic carbocycles. The summed E-state index contributed by atoms with van der Waals surface area (Å²) in [4.78, 5) is 0. The molecule has 0 unspecified atom stereocenters. The molecule has 0 saturated carbocycles. The van der Waals surface area contributed by atoms with Crippen molar-refractivity contribution >= 4 is 5.83 Å². The van der Waals surface area contributed by atoms with Crippen molar-refractivity contribution in [2.75, 3.05) is 6.61 Å². The number of hydrogen-bond donors (Lipinski definition) is 1. The maximum atomic E-state index is 13.3. The second-order valence-electron chi connectivity index (χ2n) is 3.06. The second kappa shape index (κ2) is 4.67. The van der Waals surface area contributed by atoms with E-state index in [4.69, 9.17) is 9.52 Å². The highest BCUT2D eigenvalue weighted by atomic mass is 19.1. The van der Waals surface area contributed by atoms with Crippen molar-refractivity contribution in [1.29, 1.82) is 0 Å². The highest BCUT2D eigenvalue weighted by Gasteiger charge is 2.04. The number of halogens is 1. The smallest absolute Gasteiger partial charge is 0.247 e. The number of aliphatic hydroxyl groups is 1. The lowest BCUT2D eigenvalue weighted by Gasteiger charge is -1.98. The van der Waals surface area contributed by atoms with Crippen LogP contribution in [0.15, 0.2) is 41.2 Å². The average Bonchev–Trinajstić information content (AvgIpc) is 2.83. The van der Waals surface area contributed by atoms with Gasteiger partial charge in [0.05, 0.1) is 6.61 Å². The van der Waals surface area contributed by atoms with Gasteiger partial charge in [0.25, 0.3) is 0 Å². The Morgan fingerprint density at radius 1 is 1.38 bits per heavy atom. The van der Waals surface area contributed by atoms with E-state index in [2.05, 4.69) is 10.2 Å². The van der Waals surface area contributed by atoms with Gasteiger partial charge in [0.1, 0.15) is 5.83 Å². The summed E-state index contributed by atoms with van der Waals surface area (Å²) in [7, 11) is 0. The summed E-state index contributed by atoms with van der Waals surface area (Å²) in [5.41, 5.74) is 1.12. The first-order valence-corrected chi connectivity index (χ1v) is 4.65. The van der Waals surface area contributed by atoms with Crippen LogP contribution in [0, 0.1) is 0 Å². The molecule has 2 rings (SSSR count). The van der Waals surface area contributed by atoms with Crippen molar-refractivity contribution in [2.45, 2.75) is 0 Å². The monoisotopic (exact) mass is 220 g/mol. The first-order valence-electron chi connectivity index (χ1n) is 4.65. The van der Waals surface area contributed by atoms with Crippen LogP contribution < -0.4 is 0 Å². The van der Waals surface area contributed by atoms with E-state index in [1.165, 1.54) is 6.39 Å². The molecule has 0 saturated heterocycles. The number of aliphatic hydroxyl groups excluding tert-OH is 1. The van der Waals surface area contributed by atoms with Gasteiger partial charge in [0, 0.05) is 11.1 Å². The molecule has 1 aromatic heterocycles. The van der Waals surface area contributed by atoms with Crippen LogP contribution in [0.4, 0.5) is 4.39 Å². The van der Waals surface area contributed by atoms with Gasteiger partial charge in [0.2, 0.25) is 12.3 Å². The molecule has 16 heavy (non-hydrogen) atoms. The van der Waals surface area contributed by atoms with Crippen molar-refractivity contribution in [3.8, 4) is 11.5 Å². The standard InChI is InChI=1S/C11H9FN2O2/c12-10(5-6-15)8-1-3-9(4-2-8)11-14-13-7-16-11/h1-5,7,15H,6H2. The second-order valence-corrected chi connectivity index (χ2v) is 3.06. The van der Waals surface area contributed by atoms with E-state index >= 15 is 0 Å². The zero-order valence-corrected chi connectivity index (χ0v) is 8.30. The maximum absolute atomic E-state index is 13.3. The van der Waals surface area contributed by atoms with Crippen LogP contribution in [-0.4, -0.2) is 21.9 Å². The molecular weight excluding hydrogens is 211 g/mol. The van der Waals surface area contributed by atoms with Gasteiger partial charge in [-0.3, -0.25) is 0 Å². The third-order valence-corrected chi connectivity index (χ3v) is 2.04. The fourth-order valence-corrected chi connectivity index (χ4v) is 1.27. The lowest BCUT2D eigenvalue weighted by molar-refractivity contribution is 0.342. The van der Waals surface area contributed by atoms with Crippen LogP contribution in [0.5, 0.6) is 0 Å². The third kappa shape index (κ3) is 2.14. The Bertz CT molecular complexity index is 477. The molecule has 0 bridgehead atoms. The molecule has 0 radical (unpaired) electrons. The molecule has 1 aromatic carbocycles. The van der Waals surface area contributed by atoms with E-state index < -0.39 is 5.83 Å².